The average molecular weight is 408 g/mol. The standard InChI is InChI=1S/C19H28N4O6/c1-3-28-19-15(5-4-10-24)13(2)11-16(29-19)18(25)21-9-8-20-17-7-6-14(12-22-17)23(26)27/h6-7,11-13,15,19,24H,3-5,8-10H2,1-2H3,(H,20,22)(H,21,25)/t13-,15-,19+/m0/s1. The lowest BCUT2D eigenvalue weighted by Gasteiger charge is -2.35. The van der Waals surface area contributed by atoms with Gasteiger partial charge in [-0.1, -0.05) is 6.92 Å². The molecule has 0 aromatic carbocycles. The number of pyridine rings is 1. The SMILES string of the molecule is CCO[C@@H]1OC(C(=O)NCCNc2ccc([N+](=O)[O-])cn2)=C[C@H](C)[C@@H]1CCCO. The molecule has 3 atom stereocenters. The first kappa shape index (κ1) is 22.6. The van der Waals surface area contributed by atoms with Crippen LogP contribution in [0.25, 0.3) is 0 Å². The first-order valence-corrected chi connectivity index (χ1v) is 9.69. The molecule has 3 N–H and O–H groups in total. The summed E-state index contributed by atoms with van der Waals surface area (Å²) in [6.45, 7) is 5.16. The number of aliphatic hydroxyl groups is 1. The van der Waals surface area contributed by atoms with E-state index in [2.05, 4.69) is 15.6 Å². The smallest absolute Gasteiger partial charge is 0.287 e. The third-order valence-electron chi connectivity index (χ3n) is 4.61. The Bertz CT molecular complexity index is 709. The van der Waals surface area contributed by atoms with Crippen molar-refractivity contribution in [2.24, 2.45) is 11.8 Å². The van der Waals surface area contributed by atoms with Crippen LogP contribution in [0.15, 0.2) is 30.2 Å². The van der Waals surface area contributed by atoms with E-state index in [9.17, 15) is 14.9 Å². The minimum Gasteiger partial charge on any atom is -0.459 e. The number of anilines is 1. The molecule has 0 aliphatic carbocycles. The van der Waals surface area contributed by atoms with Crippen LogP contribution in [0, 0.1) is 22.0 Å². The van der Waals surface area contributed by atoms with E-state index in [4.69, 9.17) is 14.6 Å². The summed E-state index contributed by atoms with van der Waals surface area (Å²) in [5.41, 5.74) is -0.0829. The van der Waals surface area contributed by atoms with E-state index in [0.717, 1.165) is 6.42 Å². The van der Waals surface area contributed by atoms with Crippen molar-refractivity contribution in [2.45, 2.75) is 33.0 Å². The highest BCUT2D eigenvalue weighted by molar-refractivity contribution is 5.91. The van der Waals surface area contributed by atoms with E-state index in [0.29, 0.717) is 31.9 Å². The minimum absolute atomic E-state index is 0.0773. The van der Waals surface area contributed by atoms with Crippen molar-refractivity contribution < 1.29 is 24.3 Å². The van der Waals surface area contributed by atoms with Gasteiger partial charge < -0.3 is 25.2 Å². The van der Waals surface area contributed by atoms with Crippen LogP contribution in [-0.2, 0) is 14.3 Å². The molecule has 0 spiro atoms. The second-order valence-electron chi connectivity index (χ2n) is 6.70. The summed E-state index contributed by atoms with van der Waals surface area (Å²) in [5, 5.41) is 25.4. The Morgan fingerprint density at radius 1 is 1.41 bits per heavy atom. The van der Waals surface area contributed by atoms with Gasteiger partial charge in [-0.05, 0) is 37.8 Å². The molecule has 1 amide bonds. The predicted octanol–water partition coefficient (Wildman–Crippen LogP) is 1.82. The van der Waals surface area contributed by atoms with Gasteiger partial charge >= 0.3 is 0 Å². The lowest BCUT2D eigenvalue weighted by atomic mass is 9.87. The van der Waals surface area contributed by atoms with E-state index in [1.54, 1.807) is 6.08 Å². The number of amides is 1. The zero-order valence-electron chi connectivity index (χ0n) is 16.7. The van der Waals surface area contributed by atoms with E-state index in [1.165, 1.54) is 18.3 Å². The predicted molar refractivity (Wildman–Crippen MR) is 106 cm³/mol. The Labute approximate surface area is 169 Å². The molecule has 10 nitrogen and oxygen atoms in total. The molecule has 0 saturated heterocycles. The van der Waals surface area contributed by atoms with Crippen LogP contribution in [0.2, 0.25) is 0 Å². The van der Waals surface area contributed by atoms with Gasteiger partial charge in [-0.25, -0.2) is 4.98 Å². The van der Waals surface area contributed by atoms with E-state index in [1.807, 2.05) is 13.8 Å². The topological polar surface area (TPSA) is 136 Å². The van der Waals surface area contributed by atoms with Gasteiger partial charge in [-0.3, -0.25) is 14.9 Å². The fourth-order valence-electron chi connectivity index (χ4n) is 3.09. The van der Waals surface area contributed by atoms with E-state index in [-0.39, 0.29) is 35.8 Å². The van der Waals surface area contributed by atoms with E-state index < -0.39 is 11.2 Å². The van der Waals surface area contributed by atoms with Crippen molar-refractivity contribution in [2.75, 3.05) is 31.6 Å². The number of aromatic nitrogens is 1. The molecule has 0 saturated carbocycles. The Morgan fingerprint density at radius 2 is 2.21 bits per heavy atom. The maximum absolute atomic E-state index is 12.4. The lowest BCUT2D eigenvalue weighted by Crippen LogP contribution is -2.39. The van der Waals surface area contributed by atoms with Gasteiger partial charge in [0.1, 0.15) is 12.0 Å². The minimum atomic E-state index is -0.519. The van der Waals surface area contributed by atoms with Crippen LogP contribution in [0.4, 0.5) is 11.5 Å². The van der Waals surface area contributed by atoms with Crippen LogP contribution < -0.4 is 10.6 Å². The molecule has 0 fully saturated rings. The van der Waals surface area contributed by atoms with Crippen molar-refractivity contribution in [1.29, 1.82) is 0 Å². The Kier molecular flexibility index (Phi) is 8.81. The quantitative estimate of drug-likeness (QED) is 0.287. The van der Waals surface area contributed by atoms with Crippen molar-refractivity contribution in [3.8, 4) is 0 Å². The Morgan fingerprint density at radius 3 is 2.83 bits per heavy atom. The summed E-state index contributed by atoms with van der Waals surface area (Å²) in [4.78, 5) is 26.5. The van der Waals surface area contributed by atoms with Crippen LogP contribution >= 0.6 is 0 Å². The first-order valence-electron chi connectivity index (χ1n) is 9.69. The van der Waals surface area contributed by atoms with Crippen molar-refractivity contribution in [3.63, 3.8) is 0 Å². The Balaban J connectivity index is 1.83. The fourth-order valence-corrected chi connectivity index (χ4v) is 3.09. The van der Waals surface area contributed by atoms with Crippen LogP contribution in [0.1, 0.15) is 26.7 Å². The molecular weight excluding hydrogens is 380 g/mol. The van der Waals surface area contributed by atoms with Gasteiger partial charge in [0.15, 0.2) is 5.76 Å². The summed E-state index contributed by atoms with van der Waals surface area (Å²) in [5.74, 6) is 0.531. The highest BCUT2D eigenvalue weighted by atomic mass is 16.7. The maximum atomic E-state index is 12.4. The number of aliphatic hydroxyl groups excluding tert-OH is 1. The maximum Gasteiger partial charge on any atom is 0.287 e. The molecule has 1 aliphatic rings. The van der Waals surface area contributed by atoms with Crippen molar-refractivity contribution >= 4 is 17.4 Å². The average Bonchev–Trinajstić information content (AvgIpc) is 2.71. The molecule has 29 heavy (non-hydrogen) atoms. The molecule has 1 aromatic rings. The zero-order chi connectivity index (χ0) is 21.2. The number of carbonyl (C=O) groups is 1. The highest BCUT2D eigenvalue weighted by Crippen LogP contribution is 2.32. The molecule has 0 unspecified atom stereocenters. The third-order valence-corrected chi connectivity index (χ3v) is 4.61. The summed E-state index contributed by atoms with van der Waals surface area (Å²) in [6, 6.07) is 2.87. The van der Waals surface area contributed by atoms with Crippen LogP contribution in [0.3, 0.4) is 0 Å². The second kappa shape index (κ2) is 11.3. The third kappa shape index (κ3) is 6.68. The number of nitrogens with one attached hydrogen (secondary N) is 2. The number of carbonyl (C=O) groups excluding carboxylic acids is 1. The molecule has 160 valence electrons. The molecule has 2 rings (SSSR count). The van der Waals surface area contributed by atoms with Gasteiger partial charge in [-0.2, -0.15) is 0 Å². The second-order valence-corrected chi connectivity index (χ2v) is 6.70. The van der Waals surface area contributed by atoms with Crippen LogP contribution in [0.5, 0.6) is 0 Å². The van der Waals surface area contributed by atoms with Crippen LogP contribution in [-0.4, -0.2) is 53.5 Å². The number of ether oxygens (including phenoxy) is 2. The van der Waals surface area contributed by atoms with Gasteiger partial charge in [0.25, 0.3) is 11.6 Å². The summed E-state index contributed by atoms with van der Waals surface area (Å²) < 4.78 is 11.4. The number of allylic oxidation sites excluding steroid dienone is 1. The number of hydrogen-bond donors (Lipinski definition) is 3. The molecule has 0 bridgehead atoms. The molecule has 2 heterocycles. The summed E-state index contributed by atoms with van der Waals surface area (Å²) >= 11 is 0. The summed E-state index contributed by atoms with van der Waals surface area (Å²) in [7, 11) is 0. The molecule has 10 heteroatoms. The van der Waals surface area contributed by atoms with Gasteiger partial charge in [0.05, 0.1) is 4.92 Å². The largest absolute Gasteiger partial charge is 0.459 e. The normalized spacial score (nSPS) is 21.1. The first-order chi connectivity index (χ1) is 14.0. The molecule has 1 aliphatic heterocycles. The summed E-state index contributed by atoms with van der Waals surface area (Å²) in [6.07, 6.45) is 3.84. The molecule has 1 aromatic heterocycles. The van der Waals surface area contributed by atoms with Gasteiger partial charge in [0, 0.05) is 38.3 Å². The molecular formula is C19H28N4O6. The Hall–Kier alpha value is -2.72. The zero-order valence-corrected chi connectivity index (χ0v) is 16.7. The monoisotopic (exact) mass is 408 g/mol. The number of rotatable bonds is 11. The lowest BCUT2D eigenvalue weighted by molar-refractivity contribution is -0.385. The number of nitrogens with zero attached hydrogens (tertiary/aromatic N) is 2. The number of nitro groups is 1. The van der Waals surface area contributed by atoms with E-state index >= 15 is 0 Å². The van der Waals surface area contributed by atoms with Crippen molar-refractivity contribution in [1.82, 2.24) is 10.3 Å². The fraction of sp³-hybridized carbons (Fsp3) is 0.579. The molecule has 0 radical (unpaired) electrons. The van der Waals surface area contributed by atoms with Gasteiger partial charge in [-0.15, -0.1) is 0 Å². The van der Waals surface area contributed by atoms with Gasteiger partial charge in [0.2, 0.25) is 6.29 Å². The van der Waals surface area contributed by atoms with Crippen molar-refractivity contribution in [3.05, 3.63) is 40.3 Å². The number of hydrogen-bond acceptors (Lipinski definition) is 8. The highest BCUT2D eigenvalue weighted by Gasteiger charge is 2.34.